The minimum atomic E-state index is -0.324. The van der Waals surface area contributed by atoms with Gasteiger partial charge in [0.15, 0.2) is 5.11 Å². The zero-order chi connectivity index (χ0) is 19.1. The zero-order valence-corrected chi connectivity index (χ0v) is 15.8. The van der Waals surface area contributed by atoms with Crippen LogP contribution in [0, 0.1) is 0 Å². The van der Waals surface area contributed by atoms with E-state index >= 15 is 0 Å². The van der Waals surface area contributed by atoms with Crippen molar-refractivity contribution in [3.8, 4) is 11.3 Å². The molecule has 27 heavy (non-hydrogen) atoms. The molecular formula is C22H20N2O2S. The fourth-order valence-corrected chi connectivity index (χ4v) is 2.72. The molecule has 0 aliphatic carbocycles. The fourth-order valence-electron chi connectivity index (χ4n) is 2.50. The first-order chi connectivity index (χ1) is 13.1. The van der Waals surface area contributed by atoms with Crippen molar-refractivity contribution in [1.29, 1.82) is 0 Å². The molecule has 0 radical (unpaired) electrons. The lowest BCUT2D eigenvalue weighted by atomic mass is 10.1. The number of carbonyl (C=O) groups is 1. The minimum Gasteiger partial charge on any atom is -0.457 e. The van der Waals surface area contributed by atoms with Gasteiger partial charge in [-0.05, 0) is 54.5 Å². The highest BCUT2D eigenvalue weighted by Gasteiger charge is 2.04. The Hall–Kier alpha value is -3.18. The van der Waals surface area contributed by atoms with Gasteiger partial charge >= 0.3 is 0 Å². The molecule has 3 rings (SSSR count). The van der Waals surface area contributed by atoms with E-state index in [1.54, 1.807) is 6.08 Å². The van der Waals surface area contributed by atoms with E-state index in [2.05, 4.69) is 17.6 Å². The average Bonchev–Trinajstić information content (AvgIpc) is 3.17. The smallest absolute Gasteiger partial charge is 0.250 e. The van der Waals surface area contributed by atoms with Gasteiger partial charge in [0.05, 0.1) is 0 Å². The quantitative estimate of drug-likeness (QED) is 0.484. The second-order valence-corrected chi connectivity index (χ2v) is 6.30. The molecule has 1 aromatic heterocycles. The van der Waals surface area contributed by atoms with Crippen molar-refractivity contribution in [2.24, 2.45) is 0 Å². The normalized spacial score (nSPS) is 10.7. The van der Waals surface area contributed by atoms with E-state index in [1.807, 2.05) is 66.7 Å². The molecule has 0 aliphatic rings. The van der Waals surface area contributed by atoms with Gasteiger partial charge in [0.25, 0.3) is 0 Å². The van der Waals surface area contributed by atoms with Crippen LogP contribution < -0.4 is 10.6 Å². The average molecular weight is 376 g/mol. The third-order valence-electron chi connectivity index (χ3n) is 3.94. The van der Waals surface area contributed by atoms with Gasteiger partial charge in [0.2, 0.25) is 5.91 Å². The summed E-state index contributed by atoms with van der Waals surface area (Å²) in [6, 6.07) is 21.4. The van der Waals surface area contributed by atoms with Crippen LogP contribution in [0.25, 0.3) is 17.4 Å². The molecule has 1 heterocycles. The number of anilines is 1. The Morgan fingerprint density at radius 3 is 2.48 bits per heavy atom. The summed E-state index contributed by atoms with van der Waals surface area (Å²) in [5, 5.41) is 5.86. The first-order valence-corrected chi connectivity index (χ1v) is 9.09. The number of furan rings is 1. The van der Waals surface area contributed by atoms with E-state index in [0.29, 0.717) is 5.76 Å². The van der Waals surface area contributed by atoms with Crippen LogP contribution in [0.1, 0.15) is 18.2 Å². The van der Waals surface area contributed by atoms with Gasteiger partial charge in [-0.25, -0.2) is 0 Å². The Morgan fingerprint density at radius 2 is 1.78 bits per heavy atom. The third-order valence-corrected chi connectivity index (χ3v) is 4.14. The van der Waals surface area contributed by atoms with Crippen LogP contribution >= 0.6 is 12.2 Å². The summed E-state index contributed by atoms with van der Waals surface area (Å²) < 4.78 is 5.73. The predicted octanol–water partition coefficient (Wildman–Crippen LogP) is 5.04. The molecule has 2 aromatic carbocycles. The molecule has 0 spiro atoms. The monoisotopic (exact) mass is 376 g/mol. The summed E-state index contributed by atoms with van der Waals surface area (Å²) in [6.45, 7) is 2.10. The molecule has 0 fully saturated rings. The highest BCUT2D eigenvalue weighted by Crippen LogP contribution is 2.22. The summed E-state index contributed by atoms with van der Waals surface area (Å²) in [4.78, 5) is 12.0. The van der Waals surface area contributed by atoms with Crippen LogP contribution in [-0.4, -0.2) is 11.0 Å². The number of nitrogens with one attached hydrogen (secondary N) is 2. The predicted molar refractivity (Wildman–Crippen MR) is 113 cm³/mol. The van der Waals surface area contributed by atoms with Crippen LogP contribution in [0.2, 0.25) is 0 Å². The summed E-state index contributed by atoms with van der Waals surface area (Å²) in [7, 11) is 0. The van der Waals surface area contributed by atoms with E-state index in [1.165, 1.54) is 11.6 Å². The van der Waals surface area contributed by atoms with Gasteiger partial charge in [-0.15, -0.1) is 0 Å². The van der Waals surface area contributed by atoms with E-state index in [-0.39, 0.29) is 11.0 Å². The molecule has 0 saturated carbocycles. The number of hydrogen-bond acceptors (Lipinski definition) is 3. The maximum atomic E-state index is 12.0. The highest BCUT2D eigenvalue weighted by atomic mass is 32.1. The van der Waals surface area contributed by atoms with E-state index in [9.17, 15) is 4.79 Å². The molecule has 2 N–H and O–H groups in total. The Kier molecular flexibility index (Phi) is 6.18. The summed E-state index contributed by atoms with van der Waals surface area (Å²) >= 11 is 5.17. The molecule has 136 valence electrons. The number of benzene rings is 2. The topological polar surface area (TPSA) is 54.3 Å². The van der Waals surface area contributed by atoms with Gasteiger partial charge < -0.3 is 9.73 Å². The molecular weight excluding hydrogens is 356 g/mol. The van der Waals surface area contributed by atoms with E-state index < -0.39 is 0 Å². The molecule has 3 aromatic rings. The van der Waals surface area contributed by atoms with Crippen LogP contribution in [0.15, 0.2) is 77.2 Å². The van der Waals surface area contributed by atoms with Gasteiger partial charge in [0, 0.05) is 17.3 Å². The first kappa shape index (κ1) is 18.6. The Balaban J connectivity index is 1.54. The molecule has 0 aliphatic heterocycles. The maximum absolute atomic E-state index is 12.0. The summed E-state index contributed by atoms with van der Waals surface area (Å²) in [5.74, 6) is 1.02. The SMILES string of the molecule is CCc1ccc(NC(=S)NC(=O)/C=C/c2ccc(-c3ccccc3)o2)cc1. The van der Waals surface area contributed by atoms with E-state index in [0.717, 1.165) is 23.4 Å². The minimum absolute atomic E-state index is 0.248. The van der Waals surface area contributed by atoms with Crippen molar-refractivity contribution >= 4 is 35.0 Å². The van der Waals surface area contributed by atoms with Crippen molar-refractivity contribution < 1.29 is 9.21 Å². The molecule has 5 heteroatoms. The van der Waals surface area contributed by atoms with Crippen LogP contribution in [0.5, 0.6) is 0 Å². The van der Waals surface area contributed by atoms with Crippen molar-refractivity contribution in [2.75, 3.05) is 5.32 Å². The Bertz CT molecular complexity index is 944. The summed E-state index contributed by atoms with van der Waals surface area (Å²) in [6.07, 6.45) is 3.98. The number of hydrogen-bond donors (Lipinski definition) is 2. The number of amides is 1. The number of carbonyl (C=O) groups excluding carboxylic acids is 1. The third kappa shape index (κ3) is 5.39. The van der Waals surface area contributed by atoms with Gasteiger partial charge in [-0.1, -0.05) is 49.4 Å². The van der Waals surface area contributed by atoms with Gasteiger partial charge in [-0.3, -0.25) is 10.1 Å². The zero-order valence-electron chi connectivity index (χ0n) is 14.9. The molecule has 0 atom stereocenters. The summed E-state index contributed by atoms with van der Waals surface area (Å²) in [5.41, 5.74) is 3.06. The first-order valence-electron chi connectivity index (χ1n) is 8.68. The number of aryl methyl sites for hydroxylation is 1. The lowest BCUT2D eigenvalue weighted by molar-refractivity contribution is -0.115. The Morgan fingerprint density at radius 1 is 1.04 bits per heavy atom. The van der Waals surface area contributed by atoms with Crippen molar-refractivity contribution in [3.63, 3.8) is 0 Å². The van der Waals surface area contributed by atoms with Gasteiger partial charge in [0.1, 0.15) is 11.5 Å². The second kappa shape index (κ2) is 8.96. The van der Waals surface area contributed by atoms with E-state index in [4.69, 9.17) is 16.6 Å². The van der Waals surface area contributed by atoms with Crippen molar-refractivity contribution in [2.45, 2.75) is 13.3 Å². The second-order valence-electron chi connectivity index (χ2n) is 5.90. The fraction of sp³-hybridized carbons (Fsp3) is 0.0909. The lowest BCUT2D eigenvalue weighted by Crippen LogP contribution is -2.32. The van der Waals surface area contributed by atoms with Crippen LogP contribution in [-0.2, 0) is 11.2 Å². The van der Waals surface area contributed by atoms with Crippen molar-refractivity contribution in [3.05, 3.63) is 84.1 Å². The van der Waals surface area contributed by atoms with Crippen LogP contribution in [0.3, 0.4) is 0 Å². The number of thiocarbonyl (C=S) groups is 1. The molecule has 0 bridgehead atoms. The largest absolute Gasteiger partial charge is 0.457 e. The molecule has 0 unspecified atom stereocenters. The standard InChI is InChI=1S/C22H20N2O2S/c1-2-16-8-10-18(11-9-16)23-22(27)24-21(25)15-13-19-12-14-20(26-19)17-6-4-3-5-7-17/h3-15H,2H2,1H3,(H2,23,24,25,27)/b15-13+. The highest BCUT2D eigenvalue weighted by molar-refractivity contribution is 7.80. The molecule has 1 amide bonds. The maximum Gasteiger partial charge on any atom is 0.250 e. The number of rotatable bonds is 5. The Labute approximate surface area is 163 Å². The van der Waals surface area contributed by atoms with Crippen molar-refractivity contribution in [1.82, 2.24) is 5.32 Å². The lowest BCUT2D eigenvalue weighted by Gasteiger charge is -2.08. The molecule has 0 saturated heterocycles. The molecule has 4 nitrogen and oxygen atoms in total. The van der Waals surface area contributed by atoms with Gasteiger partial charge in [-0.2, -0.15) is 0 Å². The van der Waals surface area contributed by atoms with Crippen LogP contribution in [0.4, 0.5) is 5.69 Å².